The van der Waals surface area contributed by atoms with Gasteiger partial charge in [0.1, 0.15) is 11.6 Å². The van der Waals surface area contributed by atoms with Crippen LogP contribution in [0.3, 0.4) is 0 Å². The number of aromatic amines is 1. The number of H-pyrrole nitrogens is 1. The van der Waals surface area contributed by atoms with Gasteiger partial charge in [-0.3, -0.25) is 14.9 Å². The Balaban J connectivity index is 2.13. The molecule has 1 N–H and O–H groups in total. The number of aryl methyl sites for hydroxylation is 1. The molecule has 0 fully saturated rings. The number of nitrogens with zero attached hydrogens (tertiary/aromatic N) is 2. The quantitative estimate of drug-likeness (QED) is 0.403. The molecule has 0 aliphatic heterocycles. The highest BCUT2D eigenvalue weighted by atomic mass is 32.2. The topological polar surface area (TPSA) is 99.8 Å². The second-order valence-corrected chi connectivity index (χ2v) is 6.91. The smallest absolute Gasteiger partial charge is 0.270 e. The lowest BCUT2D eigenvalue weighted by atomic mass is 10.0. The number of hydrogen-bond acceptors (Lipinski definition) is 5. The Bertz CT molecular complexity index is 1100. The molecule has 2 aromatic carbocycles. The second kappa shape index (κ2) is 7.89. The Kier molecular flexibility index (Phi) is 5.38. The molecule has 3 aromatic rings. The van der Waals surface area contributed by atoms with Gasteiger partial charge in [0.05, 0.1) is 4.92 Å². The van der Waals surface area contributed by atoms with Crippen molar-refractivity contribution in [1.82, 2.24) is 4.98 Å². The first-order valence-electron chi connectivity index (χ1n) is 8.09. The lowest BCUT2D eigenvalue weighted by Crippen LogP contribution is -2.13. The van der Waals surface area contributed by atoms with Gasteiger partial charge in [-0.05, 0) is 24.6 Å². The standard InChI is InChI=1S/C20H15N3O3S/c1-13-9-16(18(11-21)20(24)22-13)17-10-15(23(25)26)7-8-19(17)27-12-14-5-3-2-4-6-14/h2-10H,12H2,1H3,(H,22,24). The third-order valence-electron chi connectivity index (χ3n) is 3.98. The van der Waals surface area contributed by atoms with E-state index in [9.17, 15) is 20.2 Å². The molecule has 1 aromatic heterocycles. The van der Waals surface area contributed by atoms with Crippen LogP contribution in [-0.4, -0.2) is 9.91 Å². The first kappa shape index (κ1) is 18.4. The van der Waals surface area contributed by atoms with Crippen LogP contribution in [0.2, 0.25) is 0 Å². The van der Waals surface area contributed by atoms with Crippen molar-refractivity contribution in [3.05, 3.63) is 91.9 Å². The van der Waals surface area contributed by atoms with Gasteiger partial charge in [-0.15, -0.1) is 11.8 Å². The minimum atomic E-state index is -0.502. The van der Waals surface area contributed by atoms with Crippen LogP contribution in [0.25, 0.3) is 11.1 Å². The SMILES string of the molecule is Cc1cc(-c2cc([N+](=O)[O-])ccc2SCc2ccccc2)c(C#N)c(=O)[nH]1. The van der Waals surface area contributed by atoms with Crippen LogP contribution in [0.15, 0.2) is 64.3 Å². The predicted octanol–water partition coefficient (Wildman–Crippen LogP) is 4.42. The van der Waals surface area contributed by atoms with Gasteiger partial charge in [0.15, 0.2) is 0 Å². The van der Waals surface area contributed by atoms with Crippen molar-refractivity contribution in [3.63, 3.8) is 0 Å². The zero-order valence-corrected chi connectivity index (χ0v) is 15.2. The van der Waals surface area contributed by atoms with Gasteiger partial charge in [-0.2, -0.15) is 5.26 Å². The molecule has 0 atom stereocenters. The van der Waals surface area contributed by atoms with Crippen molar-refractivity contribution < 1.29 is 4.92 Å². The van der Waals surface area contributed by atoms with E-state index in [0.29, 0.717) is 22.6 Å². The molecule has 134 valence electrons. The van der Waals surface area contributed by atoms with Gasteiger partial charge in [-0.1, -0.05) is 30.3 Å². The van der Waals surface area contributed by atoms with Gasteiger partial charge < -0.3 is 4.98 Å². The maximum atomic E-state index is 12.2. The van der Waals surface area contributed by atoms with Gasteiger partial charge in [-0.25, -0.2) is 0 Å². The number of nitriles is 1. The Morgan fingerprint density at radius 2 is 1.89 bits per heavy atom. The molecule has 0 spiro atoms. The van der Waals surface area contributed by atoms with Crippen molar-refractivity contribution >= 4 is 17.4 Å². The molecule has 6 nitrogen and oxygen atoms in total. The number of aromatic nitrogens is 1. The Morgan fingerprint density at radius 1 is 1.15 bits per heavy atom. The van der Waals surface area contributed by atoms with Crippen LogP contribution in [0.1, 0.15) is 16.8 Å². The van der Waals surface area contributed by atoms with E-state index < -0.39 is 10.5 Å². The molecular formula is C20H15N3O3S. The fourth-order valence-corrected chi connectivity index (χ4v) is 3.72. The Morgan fingerprint density at radius 3 is 2.56 bits per heavy atom. The summed E-state index contributed by atoms with van der Waals surface area (Å²) in [7, 11) is 0. The number of nitro benzene ring substituents is 1. The van der Waals surface area contributed by atoms with E-state index in [-0.39, 0.29) is 11.3 Å². The van der Waals surface area contributed by atoms with E-state index in [2.05, 4.69) is 4.98 Å². The van der Waals surface area contributed by atoms with E-state index in [1.165, 1.54) is 23.9 Å². The first-order valence-corrected chi connectivity index (χ1v) is 9.07. The normalized spacial score (nSPS) is 10.4. The van der Waals surface area contributed by atoms with Gasteiger partial charge in [0.25, 0.3) is 11.2 Å². The summed E-state index contributed by atoms with van der Waals surface area (Å²) in [5.74, 6) is 0.662. The van der Waals surface area contributed by atoms with Gasteiger partial charge >= 0.3 is 0 Å². The minimum absolute atomic E-state index is 0.0531. The molecule has 0 unspecified atom stereocenters. The molecule has 0 amide bonds. The molecule has 0 aliphatic rings. The fourth-order valence-electron chi connectivity index (χ4n) is 2.72. The first-order chi connectivity index (χ1) is 13.0. The number of benzene rings is 2. The summed E-state index contributed by atoms with van der Waals surface area (Å²) in [6, 6.07) is 17.9. The fraction of sp³-hybridized carbons (Fsp3) is 0.100. The lowest BCUT2D eigenvalue weighted by molar-refractivity contribution is -0.384. The summed E-state index contributed by atoms with van der Waals surface area (Å²) in [5.41, 5.74) is 1.96. The summed E-state index contributed by atoms with van der Waals surface area (Å²) in [6.07, 6.45) is 0. The molecule has 0 aliphatic carbocycles. The maximum Gasteiger partial charge on any atom is 0.270 e. The van der Waals surface area contributed by atoms with Crippen molar-refractivity contribution in [3.8, 4) is 17.2 Å². The van der Waals surface area contributed by atoms with Crippen LogP contribution in [-0.2, 0) is 5.75 Å². The van der Waals surface area contributed by atoms with Crippen LogP contribution >= 0.6 is 11.8 Å². The Hall–Kier alpha value is -3.37. The average molecular weight is 377 g/mol. The molecule has 0 saturated heterocycles. The summed E-state index contributed by atoms with van der Waals surface area (Å²) < 4.78 is 0. The maximum absolute atomic E-state index is 12.2. The molecule has 0 radical (unpaired) electrons. The van der Waals surface area contributed by atoms with Crippen molar-refractivity contribution in [2.75, 3.05) is 0 Å². The van der Waals surface area contributed by atoms with Crippen molar-refractivity contribution in [2.45, 2.75) is 17.6 Å². The third kappa shape index (κ3) is 4.07. The average Bonchev–Trinajstić information content (AvgIpc) is 2.66. The molecule has 7 heteroatoms. The largest absolute Gasteiger partial charge is 0.325 e. The van der Waals surface area contributed by atoms with Crippen LogP contribution in [0.5, 0.6) is 0 Å². The third-order valence-corrected chi connectivity index (χ3v) is 5.13. The van der Waals surface area contributed by atoms with Crippen molar-refractivity contribution in [1.29, 1.82) is 5.26 Å². The van der Waals surface area contributed by atoms with Gasteiger partial charge in [0.2, 0.25) is 0 Å². The minimum Gasteiger partial charge on any atom is -0.325 e. The molecule has 0 bridgehead atoms. The highest BCUT2D eigenvalue weighted by Gasteiger charge is 2.18. The monoisotopic (exact) mass is 377 g/mol. The molecule has 3 rings (SSSR count). The number of thioether (sulfide) groups is 1. The zero-order valence-electron chi connectivity index (χ0n) is 14.4. The molecule has 27 heavy (non-hydrogen) atoms. The number of hydrogen-bond donors (Lipinski definition) is 1. The number of rotatable bonds is 5. The number of nitro groups is 1. The molecular weight excluding hydrogens is 362 g/mol. The summed E-state index contributed by atoms with van der Waals surface area (Å²) in [4.78, 5) is 26.3. The van der Waals surface area contributed by atoms with E-state index in [1.54, 1.807) is 19.1 Å². The van der Waals surface area contributed by atoms with E-state index in [0.717, 1.165) is 10.5 Å². The highest BCUT2D eigenvalue weighted by Crippen LogP contribution is 2.36. The highest BCUT2D eigenvalue weighted by molar-refractivity contribution is 7.98. The summed E-state index contributed by atoms with van der Waals surface area (Å²) >= 11 is 1.50. The van der Waals surface area contributed by atoms with E-state index in [1.807, 2.05) is 36.4 Å². The number of pyridine rings is 1. The molecule has 0 saturated carbocycles. The second-order valence-electron chi connectivity index (χ2n) is 5.89. The van der Waals surface area contributed by atoms with E-state index >= 15 is 0 Å². The van der Waals surface area contributed by atoms with Crippen LogP contribution < -0.4 is 5.56 Å². The number of non-ortho nitro benzene ring substituents is 1. The summed E-state index contributed by atoms with van der Waals surface area (Å²) in [5, 5.41) is 20.6. The molecule has 1 heterocycles. The summed E-state index contributed by atoms with van der Waals surface area (Å²) in [6.45, 7) is 1.71. The number of nitrogens with one attached hydrogen (secondary N) is 1. The Labute approximate surface area is 159 Å². The van der Waals surface area contributed by atoms with E-state index in [4.69, 9.17) is 0 Å². The van der Waals surface area contributed by atoms with Crippen molar-refractivity contribution in [2.24, 2.45) is 0 Å². The predicted molar refractivity (Wildman–Crippen MR) is 105 cm³/mol. The lowest BCUT2D eigenvalue weighted by Gasteiger charge is -2.11. The zero-order chi connectivity index (χ0) is 19.4. The van der Waals surface area contributed by atoms with Crippen LogP contribution in [0.4, 0.5) is 5.69 Å². The van der Waals surface area contributed by atoms with Gasteiger partial charge in [0, 0.05) is 39.6 Å². The van der Waals surface area contributed by atoms with Crippen LogP contribution in [0, 0.1) is 28.4 Å².